The number of hydrogen-bond acceptors (Lipinski definition) is 1. The Hall–Kier alpha value is 0.350. The molecule has 0 amide bonds. The molecule has 0 aromatic heterocycles. The van der Waals surface area contributed by atoms with Gasteiger partial charge in [0.05, 0.1) is 0 Å². The Morgan fingerprint density at radius 3 is 2.75 bits per heavy atom. The number of thioether (sulfide) groups is 1. The molecule has 0 aromatic carbocycles. The molecular formula is C11H22S. The lowest BCUT2D eigenvalue weighted by Gasteiger charge is -2.20. The lowest BCUT2D eigenvalue weighted by molar-refractivity contribution is 0.573. The molecule has 0 bridgehead atoms. The highest BCUT2D eigenvalue weighted by Gasteiger charge is 2.12. The summed E-state index contributed by atoms with van der Waals surface area (Å²) in [5.41, 5.74) is 0. The molecule has 1 fully saturated rings. The maximum Gasteiger partial charge on any atom is 0.00470 e. The van der Waals surface area contributed by atoms with E-state index in [1.807, 2.05) is 0 Å². The van der Waals surface area contributed by atoms with Crippen LogP contribution in [0.3, 0.4) is 0 Å². The number of unbranched alkanes of at least 4 members (excludes halogenated alkanes) is 3. The summed E-state index contributed by atoms with van der Waals surface area (Å²) in [5, 5.41) is 1.02. The van der Waals surface area contributed by atoms with Gasteiger partial charge in [-0.25, -0.2) is 0 Å². The highest BCUT2D eigenvalue weighted by atomic mass is 32.2. The van der Waals surface area contributed by atoms with Gasteiger partial charge in [-0.05, 0) is 25.0 Å². The molecule has 12 heavy (non-hydrogen) atoms. The minimum Gasteiger partial charge on any atom is -0.159 e. The van der Waals surface area contributed by atoms with Crippen LogP contribution in [0.5, 0.6) is 0 Å². The van der Waals surface area contributed by atoms with Crippen LogP contribution < -0.4 is 0 Å². The average molecular weight is 186 g/mol. The van der Waals surface area contributed by atoms with Crippen LogP contribution in [0.4, 0.5) is 0 Å². The van der Waals surface area contributed by atoms with Gasteiger partial charge in [0.2, 0.25) is 0 Å². The smallest absolute Gasteiger partial charge is 0.00470 e. The van der Waals surface area contributed by atoms with Crippen molar-refractivity contribution in [2.75, 3.05) is 5.75 Å². The second-order valence-corrected chi connectivity index (χ2v) is 5.25. The lowest BCUT2D eigenvalue weighted by Crippen LogP contribution is -2.08. The van der Waals surface area contributed by atoms with E-state index in [0.29, 0.717) is 0 Å². The maximum absolute atomic E-state index is 2.29. The van der Waals surface area contributed by atoms with Crippen molar-refractivity contribution in [1.82, 2.24) is 0 Å². The molecule has 1 aliphatic rings. The van der Waals surface area contributed by atoms with Gasteiger partial charge in [0.1, 0.15) is 0 Å². The fourth-order valence-corrected chi connectivity index (χ4v) is 3.20. The van der Waals surface area contributed by atoms with E-state index in [1.54, 1.807) is 0 Å². The Morgan fingerprint density at radius 2 is 2.08 bits per heavy atom. The summed E-state index contributed by atoms with van der Waals surface area (Å²) in [6, 6.07) is 0. The summed E-state index contributed by atoms with van der Waals surface area (Å²) in [7, 11) is 0. The topological polar surface area (TPSA) is 0 Å². The van der Waals surface area contributed by atoms with Gasteiger partial charge in [0.25, 0.3) is 0 Å². The zero-order valence-electron chi connectivity index (χ0n) is 8.35. The van der Waals surface area contributed by atoms with Crippen molar-refractivity contribution in [3.8, 4) is 0 Å². The standard InChI is InChI=1S/C11H22S/c1-2-3-4-5-8-11-9-6-7-10-12-11/h11H,2-10H2,1H3. The Bertz CT molecular complexity index is 95.2. The van der Waals surface area contributed by atoms with E-state index >= 15 is 0 Å². The average Bonchev–Trinajstić information content (AvgIpc) is 2.14. The Kier molecular flexibility index (Phi) is 5.93. The third-order valence-corrected chi connectivity index (χ3v) is 4.12. The van der Waals surface area contributed by atoms with E-state index < -0.39 is 0 Å². The Morgan fingerprint density at radius 1 is 1.17 bits per heavy atom. The van der Waals surface area contributed by atoms with Gasteiger partial charge in [-0.3, -0.25) is 0 Å². The molecule has 0 radical (unpaired) electrons. The minimum absolute atomic E-state index is 1.02. The van der Waals surface area contributed by atoms with Gasteiger partial charge in [-0.1, -0.05) is 39.0 Å². The third-order valence-electron chi connectivity index (χ3n) is 2.65. The fraction of sp³-hybridized carbons (Fsp3) is 1.00. The fourth-order valence-electron chi connectivity index (χ4n) is 1.83. The summed E-state index contributed by atoms with van der Waals surface area (Å²) < 4.78 is 0. The molecular weight excluding hydrogens is 164 g/mol. The molecule has 0 spiro atoms. The van der Waals surface area contributed by atoms with Gasteiger partial charge < -0.3 is 0 Å². The first-order valence-electron chi connectivity index (χ1n) is 5.55. The Balaban J connectivity index is 1.91. The van der Waals surface area contributed by atoms with Gasteiger partial charge in [0, 0.05) is 5.25 Å². The largest absolute Gasteiger partial charge is 0.159 e. The summed E-state index contributed by atoms with van der Waals surface area (Å²) in [4.78, 5) is 0. The molecule has 0 aromatic rings. The predicted octanol–water partition coefficient (Wildman–Crippen LogP) is 4.24. The normalized spacial score (nSPS) is 24.2. The first-order chi connectivity index (χ1) is 5.93. The van der Waals surface area contributed by atoms with Gasteiger partial charge >= 0.3 is 0 Å². The van der Waals surface area contributed by atoms with Crippen molar-refractivity contribution in [3.63, 3.8) is 0 Å². The van der Waals surface area contributed by atoms with Crippen molar-refractivity contribution in [3.05, 3.63) is 0 Å². The van der Waals surface area contributed by atoms with E-state index in [4.69, 9.17) is 0 Å². The zero-order chi connectivity index (χ0) is 8.65. The quantitative estimate of drug-likeness (QED) is 0.579. The van der Waals surface area contributed by atoms with E-state index in [2.05, 4.69) is 18.7 Å². The van der Waals surface area contributed by atoms with Crippen LogP contribution in [0.1, 0.15) is 58.3 Å². The van der Waals surface area contributed by atoms with E-state index in [1.165, 1.54) is 57.1 Å². The SMILES string of the molecule is CCCCCCC1CCCCS1. The second kappa shape index (κ2) is 6.82. The van der Waals surface area contributed by atoms with Gasteiger partial charge in [0.15, 0.2) is 0 Å². The molecule has 0 N–H and O–H groups in total. The van der Waals surface area contributed by atoms with Crippen LogP contribution in [0.25, 0.3) is 0 Å². The summed E-state index contributed by atoms with van der Waals surface area (Å²) in [6.45, 7) is 2.29. The molecule has 0 aliphatic carbocycles. The van der Waals surface area contributed by atoms with Crippen molar-refractivity contribution in [2.24, 2.45) is 0 Å². The summed E-state index contributed by atoms with van der Waals surface area (Å²) >= 11 is 2.22. The first-order valence-corrected chi connectivity index (χ1v) is 6.60. The van der Waals surface area contributed by atoms with Crippen LogP contribution in [0.2, 0.25) is 0 Å². The van der Waals surface area contributed by atoms with Crippen molar-refractivity contribution in [2.45, 2.75) is 63.5 Å². The molecule has 72 valence electrons. The van der Waals surface area contributed by atoms with E-state index in [0.717, 1.165) is 5.25 Å². The minimum atomic E-state index is 1.02. The third kappa shape index (κ3) is 4.39. The predicted molar refractivity (Wildman–Crippen MR) is 58.9 cm³/mol. The summed E-state index contributed by atoms with van der Waals surface area (Å²) in [5.74, 6) is 1.43. The highest BCUT2D eigenvalue weighted by molar-refractivity contribution is 7.99. The van der Waals surface area contributed by atoms with Crippen LogP contribution in [-0.4, -0.2) is 11.0 Å². The van der Waals surface area contributed by atoms with Crippen molar-refractivity contribution < 1.29 is 0 Å². The van der Waals surface area contributed by atoms with Crippen LogP contribution >= 0.6 is 11.8 Å². The van der Waals surface area contributed by atoms with Crippen molar-refractivity contribution in [1.29, 1.82) is 0 Å². The molecule has 1 rings (SSSR count). The van der Waals surface area contributed by atoms with Gasteiger partial charge in [-0.2, -0.15) is 11.8 Å². The highest BCUT2D eigenvalue weighted by Crippen LogP contribution is 2.28. The monoisotopic (exact) mass is 186 g/mol. The van der Waals surface area contributed by atoms with E-state index in [9.17, 15) is 0 Å². The maximum atomic E-state index is 2.29. The number of rotatable bonds is 5. The Labute approximate surface area is 81.5 Å². The molecule has 1 atom stereocenters. The molecule has 1 heteroatoms. The number of hydrogen-bond donors (Lipinski definition) is 0. The molecule has 1 unspecified atom stereocenters. The molecule has 0 saturated carbocycles. The van der Waals surface area contributed by atoms with Crippen LogP contribution in [-0.2, 0) is 0 Å². The molecule has 1 aliphatic heterocycles. The van der Waals surface area contributed by atoms with Crippen LogP contribution in [0, 0.1) is 0 Å². The molecule has 1 saturated heterocycles. The first kappa shape index (κ1) is 10.4. The van der Waals surface area contributed by atoms with Crippen molar-refractivity contribution >= 4 is 11.8 Å². The van der Waals surface area contributed by atoms with E-state index in [-0.39, 0.29) is 0 Å². The molecule has 1 heterocycles. The van der Waals surface area contributed by atoms with Gasteiger partial charge in [-0.15, -0.1) is 0 Å². The lowest BCUT2D eigenvalue weighted by atomic mass is 10.1. The summed E-state index contributed by atoms with van der Waals surface area (Å²) in [6.07, 6.45) is 11.7. The van der Waals surface area contributed by atoms with Crippen LogP contribution in [0.15, 0.2) is 0 Å². The zero-order valence-corrected chi connectivity index (χ0v) is 9.17. The molecule has 0 nitrogen and oxygen atoms in total. The second-order valence-electron chi connectivity index (χ2n) is 3.84.